The first-order valence-electron chi connectivity index (χ1n) is 6.88. The lowest BCUT2D eigenvalue weighted by molar-refractivity contribution is 0.0991. The molecule has 0 aliphatic heterocycles. The number of halogens is 2. The van der Waals surface area contributed by atoms with E-state index >= 15 is 0 Å². The summed E-state index contributed by atoms with van der Waals surface area (Å²) in [5, 5.41) is 2.58. The van der Waals surface area contributed by atoms with Gasteiger partial charge in [0.2, 0.25) is 5.09 Å². The molecule has 0 aliphatic carbocycles. The van der Waals surface area contributed by atoms with Crippen LogP contribution < -0.4 is 10.0 Å². The predicted octanol–water partition coefficient (Wildman–Crippen LogP) is 4.02. The third kappa shape index (κ3) is 4.83. The minimum atomic E-state index is -3.85. The molecule has 2 rings (SSSR count). The molecule has 0 aliphatic rings. The van der Waals surface area contributed by atoms with E-state index in [1.54, 1.807) is 39.0 Å². The van der Waals surface area contributed by atoms with E-state index in [4.69, 9.17) is 16.0 Å². The molecule has 0 bridgehead atoms. The smallest absolute Gasteiger partial charge is 0.291 e. The van der Waals surface area contributed by atoms with E-state index in [1.165, 1.54) is 12.1 Å². The van der Waals surface area contributed by atoms with Crippen molar-refractivity contribution in [2.24, 2.45) is 0 Å². The maximum absolute atomic E-state index is 12.2. The number of anilines is 1. The molecule has 2 N–H and O–H groups in total. The van der Waals surface area contributed by atoms with Crippen LogP contribution in [-0.2, 0) is 10.0 Å². The first-order valence-corrected chi connectivity index (χ1v) is 9.53. The Kier molecular flexibility index (Phi) is 5.44. The highest BCUT2D eigenvalue weighted by Gasteiger charge is 2.26. The van der Waals surface area contributed by atoms with E-state index in [0.29, 0.717) is 10.7 Å². The Hall–Kier alpha value is -1.35. The van der Waals surface area contributed by atoms with Crippen molar-refractivity contribution < 1.29 is 17.6 Å². The van der Waals surface area contributed by atoms with Crippen molar-refractivity contribution in [1.82, 2.24) is 4.72 Å². The van der Waals surface area contributed by atoms with E-state index in [2.05, 4.69) is 26.0 Å². The second-order valence-corrected chi connectivity index (χ2v) is 8.99. The molecule has 0 saturated carbocycles. The lowest BCUT2D eigenvalue weighted by atomic mass is 10.1. The summed E-state index contributed by atoms with van der Waals surface area (Å²) in [4.78, 5) is 12.2. The summed E-state index contributed by atoms with van der Waals surface area (Å²) in [6.07, 6.45) is 0. The molecule has 0 atom stereocenters. The van der Waals surface area contributed by atoms with Gasteiger partial charge in [-0.1, -0.05) is 27.5 Å². The Balaban J connectivity index is 2.19. The van der Waals surface area contributed by atoms with Gasteiger partial charge in [-0.3, -0.25) is 4.79 Å². The van der Waals surface area contributed by atoms with Crippen LogP contribution in [0.25, 0.3) is 0 Å². The lowest BCUT2D eigenvalue weighted by Crippen LogP contribution is -2.40. The van der Waals surface area contributed by atoms with Crippen molar-refractivity contribution in [2.75, 3.05) is 5.32 Å². The zero-order valence-electron chi connectivity index (χ0n) is 13.2. The van der Waals surface area contributed by atoms with E-state index in [9.17, 15) is 13.2 Å². The number of carbonyl (C=O) groups is 1. The SMILES string of the molecule is CC(C)(C)NS(=O)(=O)c1ccc(C(=O)Nc2ccc(Br)cc2Cl)o1. The number of carbonyl (C=O) groups excluding carboxylic acids is 1. The molecule has 1 heterocycles. The van der Waals surface area contributed by atoms with Gasteiger partial charge in [0.15, 0.2) is 5.76 Å². The molecule has 6 nitrogen and oxygen atoms in total. The lowest BCUT2D eigenvalue weighted by Gasteiger charge is -2.18. The molecule has 2 aromatic rings. The molecular formula is C15H16BrClN2O4S. The van der Waals surface area contributed by atoms with Crippen molar-refractivity contribution in [3.63, 3.8) is 0 Å². The van der Waals surface area contributed by atoms with Gasteiger partial charge in [0.1, 0.15) is 0 Å². The van der Waals surface area contributed by atoms with Gasteiger partial charge in [0, 0.05) is 10.0 Å². The molecule has 1 aromatic carbocycles. The minimum absolute atomic E-state index is 0.136. The number of hydrogen-bond acceptors (Lipinski definition) is 4. The van der Waals surface area contributed by atoms with E-state index < -0.39 is 21.5 Å². The van der Waals surface area contributed by atoms with Gasteiger partial charge in [-0.2, -0.15) is 0 Å². The summed E-state index contributed by atoms with van der Waals surface area (Å²) in [7, 11) is -3.85. The number of hydrogen-bond donors (Lipinski definition) is 2. The number of nitrogens with one attached hydrogen (secondary N) is 2. The minimum Gasteiger partial charge on any atom is -0.438 e. The maximum atomic E-state index is 12.2. The molecule has 0 saturated heterocycles. The quantitative estimate of drug-likeness (QED) is 0.759. The summed E-state index contributed by atoms with van der Waals surface area (Å²) >= 11 is 9.30. The summed E-state index contributed by atoms with van der Waals surface area (Å²) in [6, 6.07) is 7.48. The molecule has 0 fully saturated rings. The van der Waals surface area contributed by atoms with Crippen LogP contribution in [0, 0.1) is 0 Å². The normalized spacial score (nSPS) is 12.2. The Morgan fingerprint density at radius 3 is 2.46 bits per heavy atom. The van der Waals surface area contributed by atoms with Crippen LogP contribution in [0.15, 0.2) is 44.3 Å². The van der Waals surface area contributed by atoms with Crippen LogP contribution in [-0.4, -0.2) is 19.9 Å². The van der Waals surface area contributed by atoms with Crippen molar-refractivity contribution in [3.8, 4) is 0 Å². The van der Waals surface area contributed by atoms with Gasteiger partial charge < -0.3 is 9.73 Å². The van der Waals surface area contributed by atoms with Crippen LogP contribution in [0.1, 0.15) is 31.3 Å². The molecule has 0 radical (unpaired) electrons. The van der Waals surface area contributed by atoms with Gasteiger partial charge in [-0.25, -0.2) is 13.1 Å². The topological polar surface area (TPSA) is 88.4 Å². The third-order valence-corrected chi connectivity index (χ3v) is 5.13. The largest absolute Gasteiger partial charge is 0.438 e. The summed E-state index contributed by atoms with van der Waals surface area (Å²) < 4.78 is 32.7. The fourth-order valence-corrected chi connectivity index (χ4v) is 3.89. The molecular weight excluding hydrogens is 420 g/mol. The van der Waals surface area contributed by atoms with Crippen molar-refractivity contribution in [2.45, 2.75) is 31.4 Å². The standard InChI is InChI=1S/C15H16BrClN2O4S/c1-15(2,3)19-24(21,22)13-7-6-12(23-13)14(20)18-11-5-4-9(16)8-10(11)17/h4-8,19H,1-3H3,(H,18,20). The first-order chi connectivity index (χ1) is 11.0. The highest BCUT2D eigenvalue weighted by molar-refractivity contribution is 9.10. The number of amides is 1. The zero-order chi connectivity index (χ0) is 18.1. The van der Waals surface area contributed by atoms with Crippen LogP contribution in [0.5, 0.6) is 0 Å². The van der Waals surface area contributed by atoms with Gasteiger partial charge in [0.05, 0.1) is 10.7 Å². The van der Waals surface area contributed by atoms with Crippen LogP contribution in [0.2, 0.25) is 5.02 Å². The molecule has 9 heteroatoms. The average molecular weight is 436 g/mol. The predicted molar refractivity (Wildman–Crippen MR) is 95.9 cm³/mol. The third-order valence-electron chi connectivity index (χ3n) is 2.69. The second kappa shape index (κ2) is 6.87. The zero-order valence-corrected chi connectivity index (χ0v) is 16.3. The number of rotatable bonds is 4. The number of benzene rings is 1. The van der Waals surface area contributed by atoms with E-state index in [0.717, 1.165) is 4.47 Å². The number of furan rings is 1. The van der Waals surface area contributed by atoms with Gasteiger partial charge in [-0.15, -0.1) is 0 Å². The fourth-order valence-electron chi connectivity index (χ4n) is 1.81. The van der Waals surface area contributed by atoms with E-state index in [-0.39, 0.29) is 10.9 Å². The summed E-state index contributed by atoms with van der Waals surface area (Å²) in [6.45, 7) is 5.12. The van der Waals surface area contributed by atoms with Crippen LogP contribution in [0.4, 0.5) is 5.69 Å². The van der Waals surface area contributed by atoms with Crippen LogP contribution >= 0.6 is 27.5 Å². The number of sulfonamides is 1. The monoisotopic (exact) mass is 434 g/mol. The molecule has 1 aromatic heterocycles. The highest BCUT2D eigenvalue weighted by Crippen LogP contribution is 2.26. The molecule has 24 heavy (non-hydrogen) atoms. The first kappa shape index (κ1) is 19.0. The summed E-state index contributed by atoms with van der Waals surface area (Å²) in [5.41, 5.74) is -0.280. The molecule has 1 amide bonds. The van der Waals surface area contributed by atoms with Gasteiger partial charge in [0.25, 0.3) is 15.9 Å². The Bertz CT molecular complexity index is 872. The van der Waals surface area contributed by atoms with Crippen molar-refractivity contribution in [3.05, 3.63) is 45.6 Å². The van der Waals surface area contributed by atoms with Crippen molar-refractivity contribution in [1.29, 1.82) is 0 Å². The average Bonchev–Trinajstić information content (AvgIpc) is 2.89. The summed E-state index contributed by atoms with van der Waals surface area (Å²) in [5.74, 6) is -0.736. The Labute approximate surface area is 153 Å². The molecule has 0 spiro atoms. The van der Waals surface area contributed by atoms with E-state index in [1.807, 2.05) is 0 Å². The second-order valence-electron chi connectivity index (χ2n) is 6.05. The molecule has 0 unspecified atom stereocenters. The van der Waals surface area contributed by atoms with Crippen molar-refractivity contribution >= 4 is 49.1 Å². The highest BCUT2D eigenvalue weighted by atomic mass is 79.9. The van der Waals surface area contributed by atoms with Gasteiger partial charge >= 0.3 is 0 Å². The molecule has 130 valence electrons. The fraction of sp³-hybridized carbons (Fsp3) is 0.267. The van der Waals surface area contributed by atoms with Gasteiger partial charge in [-0.05, 0) is 51.1 Å². The Morgan fingerprint density at radius 1 is 1.21 bits per heavy atom. The van der Waals surface area contributed by atoms with Crippen LogP contribution in [0.3, 0.4) is 0 Å². The maximum Gasteiger partial charge on any atom is 0.291 e. The Morgan fingerprint density at radius 2 is 1.88 bits per heavy atom.